The smallest absolute Gasteiger partial charge is 0.266 e. The van der Waals surface area contributed by atoms with Crippen molar-refractivity contribution in [3.8, 4) is 11.3 Å². The van der Waals surface area contributed by atoms with Crippen molar-refractivity contribution < 1.29 is 9.59 Å². The van der Waals surface area contributed by atoms with E-state index in [1.54, 1.807) is 24.3 Å². The number of aryl methyl sites for hydroxylation is 2. The first-order valence-corrected chi connectivity index (χ1v) is 8.87. The summed E-state index contributed by atoms with van der Waals surface area (Å²) in [5.41, 5.74) is 3.44. The minimum Gasteiger partial charge on any atom is -0.334 e. The molecule has 2 aliphatic rings. The zero-order valence-electron chi connectivity index (χ0n) is 14.2. The van der Waals surface area contributed by atoms with Crippen LogP contribution >= 0.6 is 0 Å². The summed E-state index contributed by atoms with van der Waals surface area (Å²) in [5.74, 6) is 0.599. The average Bonchev–Trinajstić information content (AvgIpc) is 3.22. The van der Waals surface area contributed by atoms with Crippen molar-refractivity contribution >= 4 is 17.5 Å². The van der Waals surface area contributed by atoms with Gasteiger partial charge < -0.3 is 4.57 Å². The fourth-order valence-corrected chi connectivity index (χ4v) is 3.76. The fraction of sp³-hybridized carbons (Fsp3) is 0.190. The second-order valence-electron chi connectivity index (χ2n) is 6.73. The molecule has 3 aromatic rings. The van der Waals surface area contributed by atoms with Gasteiger partial charge in [0, 0.05) is 24.7 Å². The maximum absolute atomic E-state index is 12.6. The van der Waals surface area contributed by atoms with E-state index in [-0.39, 0.29) is 11.8 Å². The van der Waals surface area contributed by atoms with Gasteiger partial charge in [0.2, 0.25) is 0 Å². The third-order valence-electron chi connectivity index (χ3n) is 5.12. The molecular formula is C21H17N3O2. The zero-order chi connectivity index (χ0) is 17.7. The first kappa shape index (κ1) is 15.1. The molecule has 5 nitrogen and oxygen atoms in total. The molecule has 5 heteroatoms. The van der Waals surface area contributed by atoms with Crippen molar-refractivity contribution in [1.82, 2.24) is 9.55 Å². The van der Waals surface area contributed by atoms with Crippen LogP contribution in [0.1, 0.15) is 39.4 Å². The van der Waals surface area contributed by atoms with Crippen LogP contribution in [0, 0.1) is 0 Å². The molecule has 2 aliphatic heterocycles. The largest absolute Gasteiger partial charge is 0.334 e. The molecule has 0 aliphatic carbocycles. The second kappa shape index (κ2) is 5.66. The van der Waals surface area contributed by atoms with Gasteiger partial charge in [0.05, 0.1) is 22.5 Å². The molecule has 0 spiro atoms. The summed E-state index contributed by atoms with van der Waals surface area (Å²) in [5, 5.41) is 0. The molecule has 128 valence electrons. The summed E-state index contributed by atoms with van der Waals surface area (Å²) in [6.45, 7) is 1.02. The lowest BCUT2D eigenvalue weighted by Crippen LogP contribution is -2.29. The Morgan fingerprint density at radius 3 is 2.19 bits per heavy atom. The number of benzene rings is 2. The van der Waals surface area contributed by atoms with E-state index in [9.17, 15) is 9.59 Å². The van der Waals surface area contributed by atoms with Gasteiger partial charge in [0.1, 0.15) is 5.82 Å². The average molecular weight is 343 g/mol. The number of fused-ring (bicyclic) bond motifs is 2. The Balaban J connectivity index is 1.47. The molecule has 2 amide bonds. The third-order valence-corrected chi connectivity index (χ3v) is 5.12. The van der Waals surface area contributed by atoms with Crippen molar-refractivity contribution in [3.05, 3.63) is 71.7 Å². The highest BCUT2D eigenvalue weighted by Gasteiger charge is 2.36. The quantitative estimate of drug-likeness (QED) is 0.667. The van der Waals surface area contributed by atoms with Crippen LogP contribution in [0.4, 0.5) is 5.69 Å². The molecule has 0 saturated heterocycles. The zero-order valence-corrected chi connectivity index (χ0v) is 14.2. The van der Waals surface area contributed by atoms with E-state index >= 15 is 0 Å². The van der Waals surface area contributed by atoms with Crippen molar-refractivity contribution in [1.29, 1.82) is 0 Å². The number of amides is 2. The molecule has 0 N–H and O–H groups in total. The number of hydrogen-bond acceptors (Lipinski definition) is 3. The van der Waals surface area contributed by atoms with Crippen molar-refractivity contribution in [3.63, 3.8) is 0 Å². The highest BCUT2D eigenvalue weighted by atomic mass is 16.2. The Morgan fingerprint density at radius 1 is 0.846 bits per heavy atom. The number of imide groups is 1. The van der Waals surface area contributed by atoms with E-state index in [0.29, 0.717) is 16.8 Å². The molecule has 2 aromatic carbocycles. The molecule has 0 atom stereocenters. The monoisotopic (exact) mass is 343 g/mol. The van der Waals surface area contributed by atoms with Crippen molar-refractivity contribution in [2.45, 2.75) is 25.8 Å². The highest BCUT2D eigenvalue weighted by molar-refractivity contribution is 6.34. The SMILES string of the molecule is O=C1c2ccccc2C(=O)N1c1ccc(-c2cn3c(n2)CCCC3)cc1. The van der Waals surface area contributed by atoms with Crippen LogP contribution in [0.15, 0.2) is 54.7 Å². The minimum absolute atomic E-state index is 0.268. The summed E-state index contributed by atoms with van der Waals surface area (Å²) in [6, 6.07) is 14.4. The minimum atomic E-state index is -0.268. The highest BCUT2D eigenvalue weighted by Crippen LogP contribution is 2.30. The van der Waals surface area contributed by atoms with E-state index in [1.807, 2.05) is 24.3 Å². The lowest BCUT2D eigenvalue weighted by molar-refractivity contribution is 0.0926. The molecule has 0 saturated carbocycles. The Morgan fingerprint density at radius 2 is 1.54 bits per heavy atom. The molecule has 0 radical (unpaired) electrons. The lowest BCUT2D eigenvalue weighted by atomic mass is 10.1. The Hall–Kier alpha value is -3.21. The number of carbonyl (C=O) groups excluding carboxylic acids is 2. The Labute approximate surface area is 150 Å². The van der Waals surface area contributed by atoms with Crippen LogP contribution in [0.25, 0.3) is 11.3 Å². The second-order valence-corrected chi connectivity index (χ2v) is 6.73. The van der Waals surface area contributed by atoms with E-state index in [0.717, 1.165) is 30.0 Å². The summed E-state index contributed by atoms with van der Waals surface area (Å²) in [4.78, 5) is 31.1. The normalized spacial score (nSPS) is 15.9. The van der Waals surface area contributed by atoms with Gasteiger partial charge in [-0.05, 0) is 37.1 Å². The summed E-state index contributed by atoms with van der Waals surface area (Å²) in [7, 11) is 0. The molecule has 0 bridgehead atoms. The predicted octanol–water partition coefficient (Wildman–Crippen LogP) is 3.69. The van der Waals surface area contributed by atoms with Gasteiger partial charge in [-0.25, -0.2) is 9.88 Å². The number of nitrogens with zero attached hydrogens (tertiary/aromatic N) is 3. The maximum atomic E-state index is 12.6. The van der Waals surface area contributed by atoms with Crippen molar-refractivity contribution in [2.24, 2.45) is 0 Å². The maximum Gasteiger partial charge on any atom is 0.266 e. The molecule has 5 rings (SSSR count). The number of aromatic nitrogens is 2. The summed E-state index contributed by atoms with van der Waals surface area (Å²) < 4.78 is 2.22. The van der Waals surface area contributed by atoms with Gasteiger partial charge in [-0.1, -0.05) is 24.3 Å². The first-order chi connectivity index (χ1) is 12.7. The lowest BCUT2D eigenvalue weighted by Gasteiger charge is -2.14. The number of hydrogen-bond donors (Lipinski definition) is 0. The van der Waals surface area contributed by atoms with Gasteiger partial charge in [-0.2, -0.15) is 0 Å². The van der Waals surface area contributed by atoms with Crippen LogP contribution in [-0.2, 0) is 13.0 Å². The Bertz CT molecular complexity index is 975. The van der Waals surface area contributed by atoms with Crippen LogP contribution in [0.5, 0.6) is 0 Å². The Kier molecular flexibility index (Phi) is 3.28. The van der Waals surface area contributed by atoms with E-state index in [2.05, 4.69) is 10.8 Å². The molecule has 0 fully saturated rings. The number of anilines is 1. The van der Waals surface area contributed by atoms with E-state index in [4.69, 9.17) is 4.98 Å². The molecule has 1 aromatic heterocycles. The fourth-order valence-electron chi connectivity index (χ4n) is 3.76. The topological polar surface area (TPSA) is 55.2 Å². The van der Waals surface area contributed by atoms with E-state index in [1.165, 1.54) is 17.7 Å². The molecular weight excluding hydrogens is 326 g/mol. The van der Waals surface area contributed by atoms with Gasteiger partial charge in [-0.15, -0.1) is 0 Å². The van der Waals surface area contributed by atoms with E-state index < -0.39 is 0 Å². The summed E-state index contributed by atoms with van der Waals surface area (Å²) in [6.07, 6.45) is 5.50. The number of imidazole rings is 1. The van der Waals surface area contributed by atoms with Crippen LogP contribution in [0.2, 0.25) is 0 Å². The molecule has 3 heterocycles. The van der Waals surface area contributed by atoms with Crippen molar-refractivity contribution in [2.75, 3.05) is 4.90 Å². The molecule has 0 unspecified atom stereocenters. The predicted molar refractivity (Wildman–Crippen MR) is 98.2 cm³/mol. The summed E-state index contributed by atoms with van der Waals surface area (Å²) >= 11 is 0. The number of rotatable bonds is 2. The van der Waals surface area contributed by atoms with Crippen LogP contribution in [0.3, 0.4) is 0 Å². The molecule has 26 heavy (non-hydrogen) atoms. The first-order valence-electron chi connectivity index (χ1n) is 8.87. The van der Waals surface area contributed by atoms with Gasteiger partial charge >= 0.3 is 0 Å². The van der Waals surface area contributed by atoms with Gasteiger partial charge in [0.25, 0.3) is 11.8 Å². The third kappa shape index (κ3) is 2.20. The van der Waals surface area contributed by atoms with Gasteiger partial charge in [-0.3, -0.25) is 9.59 Å². The van der Waals surface area contributed by atoms with Crippen LogP contribution in [-0.4, -0.2) is 21.4 Å². The standard InChI is InChI=1S/C21H17N3O2/c25-20-16-5-1-2-6-17(16)21(26)24(20)15-10-8-14(9-11-15)18-13-23-12-4-3-7-19(23)22-18/h1-2,5-6,8-11,13H,3-4,7,12H2. The van der Waals surface area contributed by atoms with Crippen LogP contribution < -0.4 is 4.90 Å². The van der Waals surface area contributed by atoms with Gasteiger partial charge in [0.15, 0.2) is 0 Å². The number of carbonyl (C=O) groups is 2.